The number of nitrogens with one attached hydrogen (secondary N) is 1. The summed E-state index contributed by atoms with van der Waals surface area (Å²) in [7, 11) is -3.89. The average molecular weight is 449 g/mol. The summed E-state index contributed by atoms with van der Waals surface area (Å²) >= 11 is 1.26. The van der Waals surface area contributed by atoms with Crippen molar-refractivity contribution in [2.24, 2.45) is 4.40 Å². The number of fused-ring (bicyclic) bond motifs is 3. The Hall–Kier alpha value is -2.66. The van der Waals surface area contributed by atoms with E-state index in [1.54, 1.807) is 18.4 Å². The summed E-state index contributed by atoms with van der Waals surface area (Å²) in [5.74, 6) is -0.147. The smallest absolute Gasteiger partial charge is 0.338 e. The highest BCUT2D eigenvalue weighted by atomic mass is 32.2. The Morgan fingerprint density at radius 3 is 2.90 bits per heavy atom. The summed E-state index contributed by atoms with van der Waals surface area (Å²) in [5.41, 5.74) is 0.604. The number of nitrogens with zero attached hydrogens (tertiary/aromatic N) is 3. The lowest BCUT2D eigenvalue weighted by atomic mass is 10.2. The van der Waals surface area contributed by atoms with Gasteiger partial charge < -0.3 is 14.6 Å². The van der Waals surface area contributed by atoms with Crippen LogP contribution in [0.3, 0.4) is 0 Å². The first-order chi connectivity index (χ1) is 14.4. The van der Waals surface area contributed by atoms with Crippen molar-refractivity contribution in [1.29, 1.82) is 0 Å². The summed E-state index contributed by atoms with van der Waals surface area (Å²) in [6.07, 6.45) is 5.25. The van der Waals surface area contributed by atoms with Gasteiger partial charge in [-0.25, -0.2) is 9.78 Å². The lowest BCUT2D eigenvalue weighted by molar-refractivity contribution is 0.0466. The van der Waals surface area contributed by atoms with Crippen LogP contribution in [0.1, 0.15) is 41.7 Å². The topological polar surface area (TPSA) is 122 Å². The monoisotopic (exact) mass is 448 g/mol. The van der Waals surface area contributed by atoms with E-state index in [0.29, 0.717) is 35.3 Å². The van der Waals surface area contributed by atoms with E-state index in [2.05, 4.69) is 14.4 Å². The Labute approximate surface area is 177 Å². The third-order valence-electron chi connectivity index (χ3n) is 4.90. The molecule has 0 radical (unpaired) electrons. The number of amidine groups is 1. The van der Waals surface area contributed by atoms with Gasteiger partial charge in [-0.1, -0.05) is 18.2 Å². The van der Waals surface area contributed by atoms with Crippen molar-refractivity contribution >= 4 is 39.3 Å². The molecule has 2 aromatic rings. The number of carbonyl (C=O) groups is 1. The lowest BCUT2D eigenvalue weighted by Crippen LogP contribution is -2.35. The molecule has 9 nitrogen and oxygen atoms in total. The first-order valence-electron chi connectivity index (χ1n) is 9.44. The molecule has 1 fully saturated rings. The van der Waals surface area contributed by atoms with E-state index in [-0.39, 0.29) is 22.6 Å². The number of anilines is 1. The van der Waals surface area contributed by atoms with Gasteiger partial charge in [-0.2, -0.15) is 8.42 Å². The number of carbonyl (C=O) groups excluding carboxylic acids is 1. The van der Waals surface area contributed by atoms with Crippen LogP contribution in [-0.2, 0) is 21.4 Å². The standard InChI is InChI=1S/C19H20N4O5S2/c1-29-19-20-13(10-17(24)21-19)11-28-18(25)12-6-7-14-15(9-12)30(26,27)22-16-5-3-2-4-8-23(14)16/h6-7,9-10H,2-5,8,11H2,1H3,(H,20,21,24). The molecule has 4 rings (SSSR count). The van der Waals surface area contributed by atoms with E-state index in [9.17, 15) is 18.0 Å². The Morgan fingerprint density at radius 1 is 1.27 bits per heavy atom. The molecule has 0 spiro atoms. The van der Waals surface area contributed by atoms with Gasteiger partial charge in [0, 0.05) is 19.0 Å². The molecule has 0 unspecified atom stereocenters. The maximum atomic E-state index is 12.7. The maximum Gasteiger partial charge on any atom is 0.338 e. The van der Waals surface area contributed by atoms with Crippen LogP contribution in [0.2, 0.25) is 0 Å². The van der Waals surface area contributed by atoms with E-state index in [0.717, 1.165) is 19.3 Å². The third-order valence-corrected chi connectivity index (χ3v) is 6.81. The number of aromatic nitrogens is 2. The van der Waals surface area contributed by atoms with E-state index < -0.39 is 16.0 Å². The van der Waals surface area contributed by atoms with Gasteiger partial charge in [-0.15, -0.1) is 4.40 Å². The van der Waals surface area contributed by atoms with Crippen molar-refractivity contribution in [1.82, 2.24) is 9.97 Å². The molecule has 0 saturated carbocycles. The van der Waals surface area contributed by atoms with Crippen LogP contribution >= 0.6 is 11.8 Å². The molecule has 1 saturated heterocycles. The predicted octanol–water partition coefficient (Wildman–Crippen LogP) is 2.33. The second-order valence-electron chi connectivity index (χ2n) is 6.95. The van der Waals surface area contributed by atoms with Crippen molar-refractivity contribution in [3.8, 4) is 0 Å². The Bertz CT molecular complexity index is 1190. The summed E-state index contributed by atoms with van der Waals surface area (Å²) < 4.78 is 34.6. The Kier molecular flexibility index (Phi) is 5.65. The molecule has 11 heteroatoms. The van der Waals surface area contributed by atoms with Crippen LogP contribution in [0.4, 0.5) is 5.69 Å². The van der Waals surface area contributed by atoms with Gasteiger partial charge in [0.05, 0.1) is 16.9 Å². The quantitative estimate of drug-likeness (QED) is 0.430. The molecule has 0 bridgehead atoms. The lowest BCUT2D eigenvalue weighted by Gasteiger charge is -2.29. The first-order valence-corrected chi connectivity index (χ1v) is 12.1. The first kappa shape index (κ1) is 20.6. The fraction of sp³-hybridized carbons (Fsp3) is 0.368. The van der Waals surface area contributed by atoms with Crippen molar-refractivity contribution < 1.29 is 17.9 Å². The molecule has 30 heavy (non-hydrogen) atoms. The molecule has 1 aromatic heterocycles. The number of benzene rings is 1. The third kappa shape index (κ3) is 4.12. The molecule has 1 aromatic carbocycles. The van der Waals surface area contributed by atoms with Gasteiger partial charge >= 0.3 is 5.97 Å². The molecule has 3 heterocycles. The van der Waals surface area contributed by atoms with Gasteiger partial charge in [0.2, 0.25) is 0 Å². The number of H-pyrrole nitrogens is 1. The number of rotatable bonds is 4. The van der Waals surface area contributed by atoms with Crippen molar-refractivity contribution in [2.45, 2.75) is 42.3 Å². The van der Waals surface area contributed by atoms with Gasteiger partial charge in [0.15, 0.2) is 5.16 Å². The molecular formula is C19H20N4O5S2. The van der Waals surface area contributed by atoms with Crippen molar-refractivity contribution in [2.75, 3.05) is 17.7 Å². The van der Waals surface area contributed by atoms with Crippen LogP contribution < -0.4 is 10.5 Å². The Balaban J connectivity index is 1.58. The van der Waals surface area contributed by atoms with E-state index in [1.807, 2.05) is 4.90 Å². The van der Waals surface area contributed by atoms with Crippen LogP contribution in [-0.4, -0.2) is 43.0 Å². The van der Waals surface area contributed by atoms with Crippen LogP contribution in [0.15, 0.2) is 43.5 Å². The molecule has 158 valence electrons. The van der Waals surface area contributed by atoms with Gasteiger partial charge in [0.1, 0.15) is 17.3 Å². The van der Waals surface area contributed by atoms with Gasteiger partial charge in [-0.05, 0) is 37.3 Å². The number of hydrogen-bond acceptors (Lipinski definition) is 8. The second kappa shape index (κ2) is 8.23. The van der Waals surface area contributed by atoms with Crippen LogP contribution in [0, 0.1) is 0 Å². The average Bonchev–Trinajstić information content (AvgIpc) is 2.96. The maximum absolute atomic E-state index is 12.7. The zero-order chi connectivity index (χ0) is 21.3. The summed E-state index contributed by atoms with van der Waals surface area (Å²) in [6, 6.07) is 5.72. The summed E-state index contributed by atoms with van der Waals surface area (Å²) in [6.45, 7) is 0.492. The second-order valence-corrected chi connectivity index (χ2v) is 9.32. The fourth-order valence-electron chi connectivity index (χ4n) is 3.48. The summed E-state index contributed by atoms with van der Waals surface area (Å²) in [5, 5.41) is 0.416. The summed E-state index contributed by atoms with van der Waals surface area (Å²) in [4.78, 5) is 32.8. The molecule has 2 aliphatic rings. The Morgan fingerprint density at radius 2 is 2.10 bits per heavy atom. The van der Waals surface area contributed by atoms with Crippen molar-refractivity contribution in [3.63, 3.8) is 0 Å². The van der Waals surface area contributed by atoms with Crippen LogP contribution in [0.25, 0.3) is 0 Å². The minimum Gasteiger partial charge on any atom is -0.456 e. The minimum absolute atomic E-state index is 0.00143. The molecule has 0 aliphatic carbocycles. The highest BCUT2D eigenvalue weighted by molar-refractivity contribution is 7.98. The zero-order valence-corrected chi connectivity index (χ0v) is 17.9. The number of aromatic amines is 1. The van der Waals surface area contributed by atoms with E-state index in [1.165, 1.54) is 23.9 Å². The number of ether oxygens (including phenoxy) is 1. The number of hydrogen-bond donors (Lipinski definition) is 1. The van der Waals surface area contributed by atoms with Crippen LogP contribution in [0.5, 0.6) is 0 Å². The highest BCUT2D eigenvalue weighted by Gasteiger charge is 2.32. The predicted molar refractivity (Wildman–Crippen MR) is 113 cm³/mol. The van der Waals surface area contributed by atoms with E-state index in [4.69, 9.17) is 4.74 Å². The van der Waals surface area contributed by atoms with E-state index >= 15 is 0 Å². The van der Waals surface area contributed by atoms with Gasteiger partial charge in [0.25, 0.3) is 15.6 Å². The minimum atomic E-state index is -3.89. The molecule has 0 atom stereocenters. The molecular weight excluding hydrogens is 428 g/mol. The fourth-order valence-corrected chi connectivity index (χ4v) is 5.18. The van der Waals surface area contributed by atoms with Crippen molar-refractivity contribution in [3.05, 3.63) is 45.9 Å². The number of thioether (sulfide) groups is 1. The number of esters is 1. The highest BCUT2D eigenvalue weighted by Crippen LogP contribution is 2.35. The van der Waals surface area contributed by atoms with Gasteiger partial charge in [-0.3, -0.25) is 4.79 Å². The largest absolute Gasteiger partial charge is 0.456 e. The number of sulfonamides is 1. The molecule has 2 aliphatic heterocycles. The normalized spacial score (nSPS) is 17.4. The molecule has 1 N–H and O–H groups in total. The SMILES string of the molecule is CSc1nc(COC(=O)c2ccc3c(c2)S(=O)(=O)N=C2CCCCCN23)cc(=O)[nH]1. The zero-order valence-electron chi connectivity index (χ0n) is 16.3. The molecule has 0 amide bonds.